The lowest BCUT2D eigenvalue weighted by atomic mass is 9.74. The van der Waals surface area contributed by atoms with Gasteiger partial charge in [0, 0.05) is 19.1 Å². The number of amides is 1. The summed E-state index contributed by atoms with van der Waals surface area (Å²) in [5.74, 6) is 0.521. The monoisotopic (exact) mass is 302 g/mol. The van der Waals surface area contributed by atoms with E-state index in [0.29, 0.717) is 13.0 Å². The lowest BCUT2D eigenvalue weighted by Crippen LogP contribution is -2.53. The van der Waals surface area contributed by atoms with Crippen LogP contribution in [0.4, 0.5) is 0 Å². The molecule has 1 aliphatic heterocycles. The average molecular weight is 302 g/mol. The van der Waals surface area contributed by atoms with Crippen molar-refractivity contribution in [3.8, 4) is 0 Å². The number of carbonyl (C=O) groups excluding carboxylic acids is 1. The van der Waals surface area contributed by atoms with Gasteiger partial charge in [-0.3, -0.25) is 4.79 Å². The van der Waals surface area contributed by atoms with Crippen LogP contribution in [0, 0.1) is 11.8 Å². The fraction of sp³-hybridized carbons (Fsp3) is 0.929. The second-order valence-electron chi connectivity index (χ2n) is 6.79. The van der Waals surface area contributed by atoms with Gasteiger partial charge in [-0.1, -0.05) is 12.8 Å². The Kier molecular flexibility index (Phi) is 4.44. The Bertz CT molecular complexity index is 473. The van der Waals surface area contributed by atoms with Crippen molar-refractivity contribution in [3.05, 3.63) is 0 Å². The topological polar surface area (TPSA) is 80.5 Å². The van der Waals surface area contributed by atoms with Gasteiger partial charge in [0.1, 0.15) is 0 Å². The Hall–Kier alpha value is -0.620. The Labute approximate surface area is 121 Å². The summed E-state index contributed by atoms with van der Waals surface area (Å²) in [6, 6.07) is 0. The molecule has 6 heteroatoms. The molecule has 3 unspecified atom stereocenters. The third-order valence-electron chi connectivity index (χ3n) is 4.79. The molecule has 3 atom stereocenters. The van der Waals surface area contributed by atoms with Gasteiger partial charge in [-0.05, 0) is 32.1 Å². The molecule has 1 heterocycles. The molecule has 0 aromatic carbocycles. The first-order valence-electron chi connectivity index (χ1n) is 7.45. The zero-order chi connectivity index (χ0) is 15.0. The molecule has 116 valence electrons. The van der Waals surface area contributed by atoms with E-state index < -0.39 is 15.4 Å². The van der Waals surface area contributed by atoms with Crippen LogP contribution in [-0.4, -0.2) is 49.9 Å². The van der Waals surface area contributed by atoms with Crippen LogP contribution in [0.3, 0.4) is 0 Å². The molecule has 0 aromatic heterocycles. The van der Waals surface area contributed by atoms with E-state index in [1.54, 1.807) is 11.9 Å². The normalized spacial score (nSPS) is 36.8. The maximum absolute atomic E-state index is 12.6. The highest BCUT2D eigenvalue weighted by atomic mass is 32.2. The summed E-state index contributed by atoms with van der Waals surface area (Å²) in [6.45, 7) is 2.49. The molecule has 1 aliphatic carbocycles. The molecule has 1 saturated heterocycles. The molecule has 5 nitrogen and oxygen atoms in total. The summed E-state index contributed by atoms with van der Waals surface area (Å²) in [5, 5.41) is 0. The van der Waals surface area contributed by atoms with Crippen molar-refractivity contribution in [3.63, 3.8) is 0 Å². The first kappa shape index (κ1) is 15.8. The van der Waals surface area contributed by atoms with Crippen molar-refractivity contribution in [2.75, 3.05) is 25.1 Å². The minimum absolute atomic E-state index is 0.0824. The minimum atomic E-state index is -2.88. The molecule has 0 bridgehead atoms. The van der Waals surface area contributed by atoms with Crippen LogP contribution < -0.4 is 5.73 Å². The number of hydrogen-bond acceptors (Lipinski definition) is 4. The second-order valence-corrected chi connectivity index (χ2v) is 9.02. The van der Waals surface area contributed by atoms with E-state index in [9.17, 15) is 13.2 Å². The predicted molar refractivity (Wildman–Crippen MR) is 78.9 cm³/mol. The maximum atomic E-state index is 12.6. The number of hydrogen-bond donors (Lipinski definition) is 1. The van der Waals surface area contributed by atoms with Crippen molar-refractivity contribution in [1.29, 1.82) is 0 Å². The second kappa shape index (κ2) is 5.64. The third-order valence-corrected chi connectivity index (χ3v) is 6.62. The quantitative estimate of drug-likeness (QED) is 0.835. The highest BCUT2D eigenvalue weighted by Gasteiger charge is 2.40. The van der Waals surface area contributed by atoms with Gasteiger partial charge in [0.15, 0.2) is 9.84 Å². The molecule has 1 amide bonds. The van der Waals surface area contributed by atoms with Gasteiger partial charge in [-0.2, -0.15) is 0 Å². The van der Waals surface area contributed by atoms with E-state index in [1.807, 2.05) is 6.92 Å². The van der Waals surface area contributed by atoms with Gasteiger partial charge in [0.05, 0.1) is 17.4 Å². The average Bonchev–Trinajstić information content (AvgIpc) is 2.67. The maximum Gasteiger partial charge on any atom is 0.227 e. The van der Waals surface area contributed by atoms with Gasteiger partial charge >= 0.3 is 0 Å². The summed E-state index contributed by atoms with van der Waals surface area (Å²) in [7, 11) is -1.10. The number of nitrogens with zero attached hydrogens (tertiary/aromatic N) is 1. The Morgan fingerprint density at radius 1 is 1.35 bits per heavy atom. The summed E-state index contributed by atoms with van der Waals surface area (Å²) < 4.78 is 22.9. The number of sulfone groups is 1. The van der Waals surface area contributed by atoms with Crippen molar-refractivity contribution >= 4 is 15.7 Å². The molecular weight excluding hydrogens is 276 g/mol. The van der Waals surface area contributed by atoms with Crippen LogP contribution in [0.2, 0.25) is 0 Å². The zero-order valence-corrected chi connectivity index (χ0v) is 13.3. The molecule has 2 aliphatic rings. The van der Waals surface area contributed by atoms with E-state index in [0.717, 1.165) is 25.7 Å². The van der Waals surface area contributed by atoms with E-state index in [1.165, 1.54) is 0 Å². The number of carbonyl (C=O) groups is 1. The van der Waals surface area contributed by atoms with E-state index in [-0.39, 0.29) is 29.2 Å². The van der Waals surface area contributed by atoms with Crippen molar-refractivity contribution in [2.45, 2.75) is 44.6 Å². The molecule has 2 fully saturated rings. The van der Waals surface area contributed by atoms with Crippen molar-refractivity contribution < 1.29 is 13.2 Å². The van der Waals surface area contributed by atoms with Crippen molar-refractivity contribution in [1.82, 2.24) is 4.90 Å². The van der Waals surface area contributed by atoms with Crippen LogP contribution in [0.1, 0.15) is 39.0 Å². The highest BCUT2D eigenvalue weighted by Crippen LogP contribution is 2.33. The standard InChI is InChI=1S/C14H26N2O3S/c1-14(15)7-4-3-5-12(14)13(17)16(2)9-11-6-8-20(18,19)10-11/h11-12H,3-10,15H2,1-2H3. The van der Waals surface area contributed by atoms with Crippen LogP contribution in [0.15, 0.2) is 0 Å². The van der Waals surface area contributed by atoms with Crippen LogP contribution >= 0.6 is 0 Å². The zero-order valence-electron chi connectivity index (χ0n) is 12.5. The molecular formula is C14H26N2O3S. The fourth-order valence-corrected chi connectivity index (χ4v) is 5.37. The van der Waals surface area contributed by atoms with Gasteiger partial charge in [0.25, 0.3) is 0 Å². The largest absolute Gasteiger partial charge is 0.345 e. The summed E-state index contributed by atoms with van der Waals surface area (Å²) >= 11 is 0. The Balaban J connectivity index is 1.95. The molecule has 0 radical (unpaired) electrons. The summed E-state index contributed by atoms with van der Waals surface area (Å²) in [5.41, 5.74) is 5.84. The third kappa shape index (κ3) is 3.52. The molecule has 20 heavy (non-hydrogen) atoms. The minimum Gasteiger partial charge on any atom is -0.345 e. The fourth-order valence-electron chi connectivity index (χ4n) is 3.52. The van der Waals surface area contributed by atoms with Gasteiger partial charge in [-0.15, -0.1) is 0 Å². The van der Waals surface area contributed by atoms with E-state index in [2.05, 4.69) is 0 Å². The van der Waals surface area contributed by atoms with Crippen LogP contribution in [0.25, 0.3) is 0 Å². The Morgan fingerprint density at radius 3 is 2.60 bits per heavy atom. The molecule has 1 saturated carbocycles. The van der Waals surface area contributed by atoms with Gasteiger partial charge < -0.3 is 10.6 Å². The molecule has 0 spiro atoms. The van der Waals surface area contributed by atoms with Gasteiger partial charge in [-0.25, -0.2) is 8.42 Å². The van der Waals surface area contributed by atoms with Crippen LogP contribution in [-0.2, 0) is 14.6 Å². The lowest BCUT2D eigenvalue weighted by Gasteiger charge is -2.39. The first-order chi connectivity index (χ1) is 9.21. The smallest absolute Gasteiger partial charge is 0.227 e. The van der Waals surface area contributed by atoms with Crippen molar-refractivity contribution in [2.24, 2.45) is 17.6 Å². The van der Waals surface area contributed by atoms with E-state index >= 15 is 0 Å². The number of rotatable bonds is 3. The van der Waals surface area contributed by atoms with E-state index in [4.69, 9.17) is 5.73 Å². The SMILES string of the molecule is CN(CC1CCS(=O)(=O)C1)C(=O)C1CCCCC1(C)N. The molecule has 2 rings (SSSR count). The Morgan fingerprint density at radius 2 is 2.05 bits per heavy atom. The first-order valence-corrected chi connectivity index (χ1v) is 9.28. The highest BCUT2D eigenvalue weighted by molar-refractivity contribution is 7.91. The molecule has 2 N–H and O–H groups in total. The summed E-state index contributed by atoms with van der Waals surface area (Å²) in [4.78, 5) is 14.3. The predicted octanol–water partition coefficient (Wildman–Crippen LogP) is 0.787. The van der Waals surface area contributed by atoms with Crippen LogP contribution in [0.5, 0.6) is 0 Å². The lowest BCUT2D eigenvalue weighted by molar-refractivity contribution is -0.138. The number of nitrogens with two attached hydrogens (primary N) is 1. The van der Waals surface area contributed by atoms with Gasteiger partial charge in [0.2, 0.25) is 5.91 Å². The molecule has 0 aromatic rings. The summed E-state index contributed by atoms with van der Waals surface area (Å²) in [6.07, 6.45) is 4.54.